The zero-order valence-corrected chi connectivity index (χ0v) is 21.0. The molecule has 1 aliphatic carbocycles. The maximum absolute atomic E-state index is 14.2. The summed E-state index contributed by atoms with van der Waals surface area (Å²) in [4.78, 5) is 24.6. The van der Waals surface area contributed by atoms with E-state index in [1.165, 1.54) is 22.8 Å². The van der Waals surface area contributed by atoms with Crippen LogP contribution in [-0.2, 0) is 11.8 Å². The second kappa shape index (κ2) is 9.48. The Labute approximate surface area is 213 Å². The standard InChI is InChI=1S/C28H30FN5O3/c1-17(2)25(32-27(36)28(30)11-12-28)26(18-5-4-6-20(29)13-18)37-22-8-9-23-19(14-22)15-31-34(23)21-7-10-24(35)33(3)16-21/h4-10,13-17,25-26H,11-12,30H2,1-3H3,(H,32,36)/t25-,26+/m0/s1. The van der Waals surface area contributed by atoms with Crippen LogP contribution in [0.2, 0.25) is 0 Å². The van der Waals surface area contributed by atoms with Crippen molar-refractivity contribution in [1.82, 2.24) is 19.7 Å². The number of aromatic nitrogens is 3. The molecule has 2 aromatic carbocycles. The van der Waals surface area contributed by atoms with E-state index in [2.05, 4.69) is 10.4 Å². The Kier molecular flexibility index (Phi) is 6.33. The molecule has 8 nitrogen and oxygen atoms in total. The minimum atomic E-state index is -0.839. The molecule has 0 saturated heterocycles. The number of hydrogen-bond acceptors (Lipinski definition) is 5. The minimum absolute atomic E-state index is 0.0178. The predicted octanol–water partition coefficient (Wildman–Crippen LogP) is 3.62. The van der Waals surface area contributed by atoms with Gasteiger partial charge in [-0.05, 0) is 60.7 Å². The van der Waals surface area contributed by atoms with Gasteiger partial charge in [-0.25, -0.2) is 9.07 Å². The Hall–Kier alpha value is -3.98. The smallest absolute Gasteiger partial charge is 0.250 e. The van der Waals surface area contributed by atoms with Crippen LogP contribution in [0.15, 0.2) is 71.8 Å². The van der Waals surface area contributed by atoms with Crippen LogP contribution in [0.3, 0.4) is 0 Å². The molecule has 0 bridgehead atoms. The van der Waals surface area contributed by atoms with E-state index in [0.717, 1.165) is 16.6 Å². The number of hydrogen-bond donors (Lipinski definition) is 2. The zero-order valence-electron chi connectivity index (χ0n) is 21.0. The van der Waals surface area contributed by atoms with Crippen LogP contribution in [-0.4, -0.2) is 31.8 Å². The molecule has 4 aromatic rings. The predicted molar refractivity (Wildman–Crippen MR) is 139 cm³/mol. The van der Waals surface area contributed by atoms with Crippen LogP contribution in [0.4, 0.5) is 4.39 Å². The molecular weight excluding hydrogens is 473 g/mol. The monoisotopic (exact) mass is 503 g/mol. The zero-order chi connectivity index (χ0) is 26.3. The van der Waals surface area contributed by atoms with Gasteiger partial charge in [-0.2, -0.15) is 5.10 Å². The molecule has 1 fully saturated rings. The number of carbonyl (C=O) groups excluding carboxylic acids is 1. The van der Waals surface area contributed by atoms with E-state index in [1.807, 2.05) is 32.0 Å². The van der Waals surface area contributed by atoms with Gasteiger partial charge in [-0.1, -0.05) is 26.0 Å². The number of rotatable bonds is 8. The first-order valence-electron chi connectivity index (χ1n) is 12.3. The molecule has 9 heteroatoms. The molecule has 0 unspecified atom stereocenters. The lowest BCUT2D eigenvalue weighted by Gasteiger charge is -2.32. The maximum atomic E-state index is 14.2. The Morgan fingerprint density at radius 2 is 1.95 bits per heavy atom. The molecule has 1 aliphatic rings. The van der Waals surface area contributed by atoms with Crippen molar-refractivity contribution < 1.29 is 13.9 Å². The number of aryl methyl sites for hydroxylation is 1. The van der Waals surface area contributed by atoms with Crippen molar-refractivity contribution in [2.24, 2.45) is 18.7 Å². The largest absolute Gasteiger partial charge is 0.484 e. The lowest BCUT2D eigenvalue weighted by Crippen LogP contribution is -2.51. The van der Waals surface area contributed by atoms with Gasteiger partial charge in [0.05, 0.1) is 29.0 Å². The van der Waals surface area contributed by atoms with E-state index in [4.69, 9.17) is 10.5 Å². The summed E-state index contributed by atoms with van der Waals surface area (Å²) in [6.07, 6.45) is 4.08. The van der Waals surface area contributed by atoms with Gasteiger partial charge < -0.3 is 20.4 Å². The molecule has 37 heavy (non-hydrogen) atoms. The molecule has 3 N–H and O–H groups in total. The van der Waals surface area contributed by atoms with Crippen LogP contribution in [0.1, 0.15) is 38.4 Å². The van der Waals surface area contributed by atoms with Gasteiger partial charge in [0.15, 0.2) is 0 Å². The van der Waals surface area contributed by atoms with Crippen LogP contribution in [0, 0.1) is 11.7 Å². The van der Waals surface area contributed by atoms with Crippen molar-refractivity contribution in [3.63, 3.8) is 0 Å². The summed E-state index contributed by atoms with van der Waals surface area (Å²) < 4.78 is 23.9. The van der Waals surface area contributed by atoms with E-state index in [0.29, 0.717) is 24.2 Å². The van der Waals surface area contributed by atoms with E-state index < -0.39 is 17.7 Å². The maximum Gasteiger partial charge on any atom is 0.250 e. The fourth-order valence-electron chi connectivity index (χ4n) is 4.42. The topological polar surface area (TPSA) is 104 Å². The van der Waals surface area contributed by atoms with E-state index in [9.17, 15) is 14.0 Å². The molecule has 2 heterocycles. The van der Waals surface area contributed by atoms with Gasteiger partial charge in [0.1, 0.15) is 17.7 Å². The summed E-state index contributed by atoms with van der Waals surface area (Å²) in [7, 11) is 1.69. The molecule has 0 radical (unpaired) electrons. The number of amides is 1. The third-order valence-electron chi connectivity index (χ3n) is 6.88. The van der Waals surface area contributed by atoms with Gasteiger partial charge in [-0.15, -0.1) is 0 Å². The summed E-state index contributed by atoms with van der Waals surface area (Å²) >= 11 is 0. The van der Waals surface area contributed by atoms with Crippen molar-refractivity contribution in [3.8, 4) is 11.4 Å². The van der Waals surface area contributed by atoms with Gasteiger partial charge in [0, 0.05) is 24.7 Å². The average molecular weight is 504 g/mol. The highest BCUT2D eigenvalue weighted by Gasteiger charge is 2.47. The van der Waals surface area contributed by atoms with Crippen molar-refractivity contribution in [2.75, 3.05) is 0 Å². The second-order valence-corrected chi connectivity index (χ2v) is 10.1. The van der Waals surface area contributed by atoms with Crippen molar-refractivity contribution in [2.45, 2.75) is 44.4 Å². The van der Waals surface area contributed by atoms with Crippen molar-refractivity contribution in [3.05, 3.63) is 88.7 Å². The first-order chi connectivity index (χ1) is 17.6. The number of carbonyl (C=O) groups is 1. The fourth-order valence-corrected chi connectivity index (χ4v) is 4.42. The van der Waals surface area contributed by atoms with Gasteiger partial charge in [-0.3, -0.25) is 9.59 Å². The van der Waals surface area contributed by atoms with Crippen LogP contribution >= 0.6 is 0 Å². The molecular formula is C28H30FN5O3. The van der Waals surface area contributed by atoms with Crippen molar-refractivity contribution >= 4 is 16.8 Å². The summed E-state index contributed by atoms with van der Waals surface area (Å²) in [5, 5.41) is 8.39. The number of nitrogens with zero attached hydrogens (tertiary/aromatic N) is 3. The third-order valence-corrected chi connectivity index (χ3v) is 6.88. The van der Waals surface area contributed by atoms with Gasteiger partial charge >= 0.3 is 0 Å². The first-order valence-corrected chi connectivity index (χ1v) is 12.3. The third kappa shape index (κ3) is 4.99. The summed E-state index contributed by atoms with van der Waals surface area (Å²) in [5.41, 5.74) is 7.40. The molecule has 5 rings (SSSR count). The first kappa shape index (κ1) is 24.7. The van der Waals surface area contributed by atoms with Gasteiger partial charge in [0.2, 0.25) is 11.5 Å². The Balaban J connectivity index is 1.49. The Bertz CT molecular complexity index is 1520. The molecule has 0 aliphatic heterocycles. The molecule has 1 amide bonds. The molecule has 0 spiro atoms. The number of nitrogens with two attached hydrogens (primary N) is 1. The lowest BCUT2D eigenvalue weighted by atomic mass is 9.92. The van der Waals surface area contributed by atoms with Crippen molar-refractivity contribution in [1.29, 1.82) is 0 Å². The summed E-state index contributed by atoms with van der Waals surface area (Å²) in [6, 6.07) is 14.6. The average Bonchev–Trinajstić information content (AvgIpc) is 3.48. The molecule has 192 valence electrons. The number of fused-ring (bicyclic) bond motifs is 1. The molecule has 1 saturated carbocycles. The highest BCUT2D eigenvalue weighted by atomic mass is 19.1. The Morgan fingerprint density at radius 3 is 2.62 bits per heavy atom. The normalized spacial score (nSPS) is 15.9. The van der Waals surface area contributed by atoms with E-state index >= 15 is 0 Å². The highest BCUT2D eigenvalue weighted by molar-refractivity contribution is 5.89. The van der Waals surface area contributed by atoms with E-state index in [1.54, 1.807) is 42.3 Å². The number of pyridine rings is 1. The minimum Gasteiger partial charge on any atom is -0.484 e. The molecule has 2 aromatic heterocycles. The van der Waals surface area contributed by atoms with Crippen LogP contribution < -0.4 is 21.3 Å². The fraction of sp³-hybridized carbons (Fsp3) is 0.321. The SMILES string of the molecule is CC(C)[C@H](NC(=O)C1(N)CC1)[C@H](Oc1ccc2c(cnn2-c2ccc(=O)n(C)c2)c1)c1cccc(F)c1. The highest BCUT2D eigenvalue weighted by Crippen LogP contribution is 2.35. The second-order valence-electron chi connectivity index (χ2n) is 10.1. The quantitative estimate of drug-likeness (QED) is 0.382. The van der Waals surface area contributed by atoms with Gasteiger partial charge in [0.25, 0.3) is 0 Å². The van der Waals surface area contributed by atoms with Crippen LogP contribution in [0.25, 0.3) is 16.6 Å². The van der Waals surface area contributed by atoms with E-state index in [-0.39, 0.29) is 23.2 Å². The number of benzene rings is 2. The number of halogens is 1. The lowest BCUT2D eigenvalue weighted by molar-refractivity contribution is -0.125. The summed E-state index contributed by atoms with van der Waals surface area (Å²) in [6.45, 7) is 3.97. The molecule has 2 atom stereocenters. The van der Waals surface area contributed by atoms with Crippen LogP contribution in [0.5, 0.6) is 5.75 Å². The Morgan fingerprint density at radius 1 is 1.16 bits per heavy atom. The summed E-state index contributed by atoms with van der Waals surface area (Å²) in [5.74, 6) is -0.0667. The number of ether oxygens (including phenoxy) is 1. The number of nitrogens with one attached hydrogen (secondary N) is 1.